The van der Waals surface area contributed by atoms with Gasteiger partial charge in [0.2, 0.25) is 0 Å². The highest BCUT2D eigenvalue weighted by Gasteiger charge is 2.01. The fourth-order valence-corrected chi connectivity index (χ4v) is 2.45. The molecular formula is C8H8BrIO. The zero-order valence-electron chi connectivity index (χ0n) is 6.01. The average Bonchev–Trinajstić information content (AvgIpc) is 1.85. The van der Waals surface area contributed by atoms with E-state index in [2.05, 4.69) is 38.5 Å². The van der Waals surface area contributed by atoms with Crippen molar-refractivity contribution in [3.63, 3.8) is 0 Å². The molecule has 1 aromatic rings. The third-order valence-electron chi connectivity index (χ3n) is 1.37. The SMILES string of the molecule is CC(O)c1cc(Br)cc(I)c1. The first-order valence-electron chi connectivity index (χ1n) is 3.23. The Balaban J connectivity index is 3.08. The monoisotopic (exact) mass is 326 g/mol. The van der Waals surface area contributed by atoms with Gasteiger partial charge in [0.25, 0.3) is 0 Å². The molecule has 1 aromatic carbocycles. The molecule has 0 fully saturated rings. The normalized spacial score (nSPS) is 13.1. The second-order valence-electron chi connectivity index (χ2n) is 2.38. The number of halogens is 2. The average molecular weight is 327 g/mol. The van der Waals surface area contributed by atoms with Gasteiger partial charge in [0.05, 0.1) is 6.10 Å². The van der Waals surface area contributed by atoms with E-state index in [1.54, 1.807) is 6.92 Å². The number of hydrogen-bond donors (Lipinski definition) is 1. The van der Waals surface area contributed by atoms with Crippen molar-refractivity contribution in [3.8, 4) is 0 Å². The van der Waals surface area contributed by atoms with Crippen molar-refractivity contribution in [1.29, 1.82) is 0 Å². The van der Waals surface area contributed by atoms with Crippen molar-refractivity contribution in [3.05, 3.63) is 31.8 Å². The van der Waals surface area contributed by atoms with Crippen LogP contribution in [-0.2, 0) is 0 Å². The van der Waals surface area contributed by atoms with Crippen molar-refractivity contribution in [2.45, 2.75) is 13.0 Å². The summed E-state index contributed by atoms with van der Waals surface area (Å²) in [4.78, 5) is 0. The summed E-state index contributed by atoms with van der Waals surface area (Å²) in [5, 5.41) is 9.25. The highest BCUT2D eigenvalue weighted by molar-refractivity contribution is 14.1. The lowest BCUT2D eigenvalue weighted by Gasteiger charge is -2.05. The molecule has 11 heavy (non-hydrogen) atoms. The standard InChI is InChI=1S/C8H8BrIO/c1-5(11)6-2-7(9)4-8(10)3-6/h2-5,11H,1H3. The van der Waals surface area contributed by atoms with Gasteiger partial charge < -0.3 is 5.11 Å². The first-order valence-corrected chi connectivity index (χ1v) is 5.11. The van der Waals surface area contributed by atoms with Crippen LogP contribution >= 0.6 is 38.5 Å². The second-order valence-corrected chi connectivity index (χ2v) is 4.54. The van der Waals surface area contributed by atoms with E-state index in [1.807, 2.05) is 18.2 Å². The Morgan fingerprint density at radius 3 is 2.55 bits per heavy atom. The molecule has 1 atom stereocenters. The molecule has 3 heteroatoms. The Kier molecular flexibility index (Phi) is 3.33. The smallest absolute Gasteiger partial charge is 0.0762 e. The fourth-order valence-electron chi connectivity index (χ4n) is 0.816. The van der Waals surface area contributed by atoms with Crippen LogP contribution in [0.15, 0.2) is 22.7 Å². The van der Waals surface area contributed by atoms with Gasteiger partial charge in [-0.1, -0.05) is 15.9 Å². The van der Waals surface area contributed by atoms with Crippen LogP contribution in [0.4, 0.5) is 0 Å². The van der Waals surface area contributed by atoms with Crippen molar-refractivity contribution < 1.29 is 5.11 Å². The van der Waals surface area contributed by atoms with Crippen LogP contribution in [0.2, 0.25) is 0 Å². The van der Waals surface area contributed by atoms with Crippen molar-refractivity contribution in [1.82, 2.24) is 0 Å². The van der Waals surface area contributed by atoms with E-state index < -0.39 is 0 Å². The number of aliphatic hydroxyl groups is 1. The summed E-state index contributed by atoms with van der Waals surface area (Å²) in [6, 6.07) is 5.90. The first kappa shape index (κ1) is 9.48. The lowest BCUT2D eigenvalue weighted by Crippen LogP contribution is -1.91. The molecule has 0 saturated heterocycles. The molecule has 0 radical (unpaired) electrons. The molecule has 0 heterocycles. The number of rotatable bonds is 1. The van der Waals surface area contributed by atoms with Gasteiger partial charge >= 0.3 is 0 Å². The molecule has 0 aliphatic rings. The van der Waals surface area contributed by atoms with E-state index in [1.165, 1.54) is 0 Å². The van der Waals surface area contributed by atoms with E-state index in [9.17, 15) is 5.11 Å². The number of benzene rings is 1. The van der Waals surface area contributed by atoms with Gasteiger partial charge in [-0.2, -0.15) is 0 Å². The van der Waals surface area contributed by atoms with Crippen molar-refractivity contribution >= 4 is 38.5 Å². The third-order valence-corrected chi connectivity index (χ3v) is 2.45. The van der Waals surface area contributed by atoms with E-state index in [-0.39, 0.29) is 6.10 Å². The van der Waals surface area contributed by atoms with Crippen LogP contribution in [-0.4, -0.2) is 5.11 Å². The molecule has 0 aromatic heterocycles. The maximum Gasteiger partial charge on any atom is 0.0762 e. The van der Waals surface area contributed by atoms with Gasteiger partial charge in [-0.3, -0.25) is 0 Å². The van der Waals surface area contributed by atoms with E-state index >= 15 is 0 Å². The van der Waals surface area contributed by atoms with Crippen LogP contribution in [0.25, 0.3) is 0 Å². The summed E-state index contributed by atoms with van der Waals surface area (Å²) in [5.41, 5.74) is 0.948. The van der Waals surface area contributed by atoms with E-state index in [0.29, 0.717) is 0 Å². The summed E-state index contributed by atoms with van der Waals surface area (Å²) in [6.07, 6.45) is -0.388. The van der Waals surface area contributed by atoms with Gasteiger partial charge in [-0.25, -0.2) is 0 Å². The van der Waals surface area contributed by atoms with Gasteiger partial charge in [0.15, 0.2) is 0 Å². The van der Waals surface area contributed by atoms with Gasteiger partial charge in [-0.05, 0) is 53.3 Å². The number of aliphatic hydroxyl groups excluding tert-OH is 1. The minimum Gasteiger partial charge on any atom is -0.389 e. The highest BCUT2D eigenvalue weighted by atomic mass is 127. The summed E-state index contributed by atoms with van der Waals surface area (Å²) in [7, 11) is 0. The molecule has 0 aliphatic heterocycles. The maximum atomic E-state index is 9.25. The molecule has 1 unspecified atom stereocenters. The maximum absolute atomic E-state index is 9.25. The lowest BCUT2D eigenvalue weighted by molar-refractivity contribution is 0.199. The largest absolute Gasteiger partial charge is 0.389 e. The number of hydrogen-bond acceptors (Lipinski definition) is 1. The topological polar surface area (TPSA) is 20.2 Å². The zero-order valence-corrected chi connectivity index (χ0v) is 9.76. The lowest BCUT2D eigenvalue weighted by atomic mass is 10.1. The van der Waals surface area contributed by atoms with Gasteiger partial charge in [-0.15, -0.1) is 0 Å². The van der Waals surface area contributed by atoms with Crippen molar-refractivity contribution in [2.24, 2.45) is 0 Å². The van der Waals surface area contributed by atoms with E-state index in [0.717, 1.165) is 13.6 Å². The van der Waals surface area contributed by atoms with Gasteiger partial charge in [0.1, 0.15) is 0 Å². The molecule has 1 rings (SSSR count). The molecule has 60 valence electrons. The predicted octanol–water partition coefficient (Wildman–Crippen LogP) is 3.11. The van der Waals surface area contributed by atoms with Crippen LogP contribution in [0.5, 0.6) is 0 Å². The summed E-state index contributed by atoms with van der Waals surface area (Å²) < 4.78 is 2.15. The second kappa shape index (κ2) is 3.87. The predicted molar refractivity (Wildman–Crippen MR) is 57.5 cm³/mol. The summed E-state index contributed by atoms with van der Waals surface area (Å²) in [5.74, 6) is 0. The van der Waals surface area contributed by atoms with Crippen molar-refractivity contribution in [2.75, 3.05) is 0 Å². The molecule has 0 bridgehead atoms. The molecular weight excluding hydrogens is 319 g/mol. The Morgan fingerprint density at radius 2 is 2.09 bits per heavy atom. The molecule has 0 amide bonds. The fraction of sp³-hybridized carbons (Fsp3) is 0.250. The molecule has 1 nitrogen and oxygen atoms in total. The zero-order chi connectivity index (χ0) is 8.43. The first-order chi connectivity index (χ1) is 5.09. The molecule has 1 N–H and O–H groups in total. The van der Waals surface area contributed by atoms with Crippen LogP contribution < -0.4 is 0 Å². The third kappa shape index (κ3) is 2.72. The quantitative estimate of drug-likeness (QED) is 0.786. The Labute approximate surface area is 88.1 Å². The molecule has 0 spiro atoms. The Hall–Kier alpha value is 0.390. The summed E-state index contributed by atoms with van der Waals surface area (Å²) >= 11 is 5.59. The Bertz CT molecular complexity index is 240. The minimum atomic E-state index is -0.388. The highest BCUT2D eigenvalue weighted by Crippen LogP contribution is 2.21. The molecule has 0 aliphatic carbocycles. The van der Waals surface area contributed by atoms with Crippen LogP contribution in [0.3, 0.4) is 0 Å². The van der Waals surface area contributed by atoms with Crippen LogP contribution in [0, 0.1) is 3.57 Å². The molecule has 0 saturated carbocycles. The van der Waals surface area contributed by atoms with E-state index in [4.69, 9.17) is 0 Å². The van der Waals surface area contributed by atoms with Gasteiger partial charge in [0, 0.05) is 8.04 Å². The Morgan fingerprint density at radius 1 is 1.45 bits per heavy atom. The summed E-state index contributed by atoms with van der Waals surface area (Å²) in [6.45, 7) is 1.76. The van der Waals surface area contributed by atoms with Crippen LogP contribution in [0.1, 0.15) is 18.6 Å². The minimum absolute atomic E-state index is 0.388.